The summed E-state index contributed by atoms with van der Waals surface area (Å²) in [6.07, 6.45) is -0.779. The van der Waals surface area contributed by atoms with Crippen LogP contribution in [0.4, 0.5) is 13.2 Å². The molecule has 1 aromatic rings. The Morgan fingerprint density at radius 2 is 2.11 bits per heavy atom. The molecule has 1 heterocycles. The van der Waals surface area contributed by atoms with Gasteiger partial charge in [-0.3, -0.25) is 9.79 Å². The molecule has 2 rings (SSSR count). The number of amides is 1. The van der Waals surface area contributed by atoms with E-state index in [0.717, 1.165) is 29.6 Å². The number of thiazole rings is 1. The minimum atomic E-state index is -4.40. The predicted molar refractivity (Wildman–Crippen MR) is 111 cm³/mol. The first kappa shape index (κ1) is 23.9. The van der Waals surface area contributed by atoms with Gasteiger partial charge in [-0.2, -0.15) is 13.2 Å². The van der Waals surface area contributed by atoms with Gasteiger partial charge in [0.2, 0.25) is 5.91 Å². The first-order valence-corrected chi connectivity index (χ1v) is 9.59. The van der Waals surface area contributed by atoms with Gasteiger partial charge >= 0.3 is 6.18 Å². The van der Waals surface area contributed by atoms with Gasteiger partial charge in [0.05, 0.1) is 5.01 Å². The number of carbonyl (C=O) groups is 1. The van der Waals surface area contributed by atoms with E-state index in [2.05, 4.69) is 25.9 Å². The van der Waals surface area contributed by atoms with Crippen LogP contribution >= 0.6 is 35.3 Å². The largest absolute Gasteiger partial charge is 0.434 e. The highest BCUT2D eigenvalue weighted by Crippen LogP contribution is 2.29. The number of halogens is 4. The average molecular weight is 519 g/mol. The number of guanidine groups is 1. The van der Waals surface area contributed by atoms with Gasteiger partial charge in [0.1, 0.15) is 0 Å². The summed E-state index contributed by atoms with van der Waals surface area (Å²) in [5.41, 5.74) is -0.845. The Morgan fingerprint density at radius 3 is 2.70 bits per heavy atom. The molecule has 1 aromatic heterocycles. The van der Waals surface area contributed by atoms with Crippen LogP contribution < -0.4 is 16.0 Å². The highest BCUT2D eigenvalue weighted by atomic mass is 127. The Labute approximate surface area is 177 Å². The zero-order valence-electron chi connectivity index (χ0n) is 15.1. The molecule has 11 heteroatoms. The molecule has 6 nitrogen and oxygen atoms in total. The number of hydrogen-bond acceptors (Lipinski definition) is 4. The molecule has 1 aliphatic carbocycles. The molecular formula is C16H25F3IN5OS. The number of carbonyl (C=O) groups excluding carboxylic acids is 1. The third-order valence-electron chi connectivity index (χ3n) is 3.59. The van der Waals surface area contributed by atoms with Crippen molar-refractivity contribution in [3.8, 4) is 0 Å². The van der Waals surface area contributed by atoms with E-state index in [0.29, 0.717) is 55.9 Å². The number of nitrogens with zero attached hydrogens (tertiary/aromatic N) is 2. The summed E-state index contributed by atoms with van der Waals surface area (Å²) in [5, 5.41) is 10.5. The normalized spacial score (nSPS) is 14.4. The Bertz CT molecular complexity index is 619. The Hall–Kier alpha value is -1.11. The highest BCUT2D eigenvalue weighted by Gasteiger charge is 2.33. The molecule has 1 aliphatic rings. The van der Waals surface area contributed by atoms with Crippen molar-refractivity contribution in [2.45, 2.75) is 51.2 Å². The minimum absolute atomic E-state index is 0. The van der Waals surface area contributed by atoms with Crippen LogP contribution in [0.25, 0.3) is 0 Å². The van der Waals surface area contributed by atoms with Crippen molar-refractivity contribution in [2.24, 2.45) is 4.99 Å². The maximum Gasteiger partial charge on any atom is 0.434 e. The van der Waals surface area contributed by atoms with Gasteiger partial charge in [0.25, 0.3) is 0 Å². The zero-order chi connectivity index (χ0) is 19.0. The molecule has 27 heavy (non-hydrogen) atoms. The lowest BCUT2D eigenvalue weighted by molar-refractivity contribution is -0.140. The van der Waals surface area contributed by atoms with Crippen LogP contribution in [-0.2, 0) is 17.4 Å². The fraction of sp³-hybridized carbons (Fsp3) is 0.688. The van der Waals surface area contributed by atoms with Gasteiger partial charge in [-0.1, -0.05) is 0 Å². The van der Waals surface area contributed by atoms with E-state index in [1.165, 1.54) is 0 Å². The zero-order valence-corrected chi connectivity index (χ0v) is 18.2. The van der Waals surface area contributed by atoms with E-state index in [1.54, 1.807) is 0 Å². The van der Waals surface area contributed by atoms with Crippen molar-refractivity contribution in [1.82, 2.24) is 20.9 Å². The monoisotopic (exact) mass is 519 g/mol. The molecule has 1 fully saturated rings. The molecule has 0 bridgehead atoms. The van der Waals surface area contributed by atoms with E-state index in [1.807, 2.05) is 6.92 Å². The van der Waals surface area contributed by atoms with Gasteiger partial charge in [-0.05, 0) is 26.2 Å². The second-order valence-electron chi connectivity index (χ2n) is 6.01. The summed E-state index contributed by atoms with van der Waals surface area (Å²) in [6.45, 7) is 3.53. The number of aromatic nitrogens is 1. The first-order valence-electron chi connectivity index (χ1n) is 8.71. The summed E-state index contributed by atoms with van der Waals surface area (Å²) in [4.78, 5) is 19.6. The van der Waals surface area contributed by atoms with Gasteiger partial charge in [-0.25, -0.2) is 4.98 Å². The van der Waals surface area contributed by atoms with E-state index in [4.69, 9.17) is 0 Å². The molecule has 0 spiro atoms. The van der Waals surface area contributed by atoms with Crippen LogP contribution in [0.2, 0.25) is 0 Å². The van der Waals surface area contributed by atoms with Crippen LogP contribution in [0.3, 0.4) is 0 Å². The molecule has 0 saturated heterocycles. The lowest BCUT2D eigenvalue weighted by Crippen LogP contribution is -2.38. The summed E-state index contributed by atoms with van der Waals surface area (Å²) >= 11 is 1.00. The maximum absolute atomic E-state index is 12.5. The number of hydrogen-bond donors (Lipinski definition) is 3. The summed E-state index contributed by atoms with van der Waals surface area (Å²) in [5.74, 6) is 0.646. The van der Waals surface area contributed by atoms with E-state index >= 15 is 0 Å². The first-order chi connectivity index (χ1) is 12.4. The third-order valence-corrected chi connectivity index (χ3v) is 4.50. The van der Waals surface area contributed by atoms with Crippen molar-refractivity contribution in [2.75, 3.05) is 19.6 Å². The van der Waals surface area contributed by atoms with Gasteiger partial charge in [-0.15, -0.1) is 35.3 Å². The quantitative estimate of drug-likeness (QED) is 0.203. The summed E-state index contributed by atoms with van der Waals surface area (Å²) in [6, 6.07) is 0.369. The molecule has 0 radical (unpaired) electrons. The van der Waals surface area contributed by atoms with E-state index in [-0.39, 0.29) is 29.9 Å². The lowest BCUT2D eigenvalue weighted by Gasteiger charge is -2.10. The SMILES string of the molecule is CCNC(=NCCCC(=O)NC1CC1)NCCc1nc(C(F)(F)F)cs1.I. The fourth-order valence-corrected chi connectivity index (χ4v) is 2.95. The number of rotatable bonds is 9. The smallest absolute Gasteiger partial charge is 0.357 e. The van der Waals surface area contributed by atoms with Gasteiger partial charge < -0.3 is 16.0 Å². The number of nitrogens with one attached hydrogen (secondary N) is 3. The average Bonchev–Trinajstić information content (AvgIpc) is 3.23. The third kappa shape index (κ3) is 9.58. The van der Waals surface area contributed by atoms with Crippen LogP contribution in [0.15, 0.2) is 10.4 Å². The molecule has 1 saturated carbocycles. The fourth-order valence-electron chi connectivity index (χ4n) is 2.14. The lowest BCUT2D eigenvalue weighted by atomic mass is 10.3. The predicted octanol–water partition coefficient (Wildman–Crippen LogP) is 2.94. The Balaban J connectivity index is 0.00000364. The van der Waals surface area contributed by atoms with Gasteiger partial charge in [0, 0.05) is 43.9 Å². The topological polar surface area (TPSA) is 78.4 Å². The van der Waals surface area contributed by atoms with Crippen LogP contribution in [0.1, 0.15) is 43.3 Å². The van der Waals surface area contributed by atoms with Crippen LogP contribution in [-0.4, -0.2) is 42.5 Å². The highest BCUT2D eigenvalue weighted by molar-refractivity contribution is 14.0. The Morgan fingerprint density at radius 1 is 1.37 bits per heavy atom. The molecule has 0 unspecified atom stereocenters. The van der Waals surface area contributed by atoms with Crippen molar-refractivity contribution >= 4 is 47.2 Å². The van der Waals surface area contributed by atoms with E-state index < -0.39 is 11.9 Å². The molecule has 3 N–H and O–H groups in total. The minimum Gasteiger partial charge on any atom is -0.357 e. The molecule has 0 aliphatic heterocycles. The van der Waals surface area contributed by atoms with Crippen molar-refractivity contribution in [3.63, 3.8) is 0 Å². The maximum atomic E-state index is 12.5. The molecule has 1 amide bonds. The molecular weight excluding hydrogens is 494 g/mol. The molecule has 154 valence electrons. The summed E-state index contributed by atoms with van der Waals surface area (Å²) in [7, 11) is 0. The van der Waals surface area contributed by atoms with Crippen LogP contribution in [0, 0.1) is 0 Å². The number of alkyl halides is 3. The second kappa shape index (κ2) is 11.7. The van der Waals surface area contributed by atoms with Crippen molar-refractivity contribution < 1.29 is 18.0 Å². The van der Waals surface area contributed by atoms with Crippen molar-refractivity contribution in [3.05, 3.63) is 16.1 Å². The van der Waals surface area contributed by atoms with Crippen molar-refractivity contribution in [1.29, 1.82) is 0 Å². The van der Waals surface area contributed by atoms with Crippen LogP contribution in [0.5, 0.6) is 0 Å². The summed E-state index contributed by atoms with van der Waals surface area (Å²) < 4.78 is 37.6. The Kier molecular flexibility index (Phi) is 10.3. The molecule has 0 atom stereocenters. The molecule has 0 aromatic carbocycles. The second-order valence-corrected chi connectivity index (χ2v) is 6.95. The number of aliphatic imine (C=N–C) groups is 1. The standard InChI is InChI=1S/C16H24F3N5OS.HI/c1-2-20-15(21-8-3-4-13(25)23-11-5-6-11)22-9-7-14-24-12(10-26-14)16(17,18)19;/h10-11H,2-9H2,1H3,(H,23,25)(H2,20,21,22);1H. The van der Waals surface area contributed by atoms with E-state index in [9.17, 15) is 18.0 Å². The van der Waals surface area contributed by atoms with Gasteiger partial charge in [0.15, 0.2) is 11.7 Å².